The standard InChI is InChI=1S/C10H13BrNO5P/c11-10(18(14,15)16)17-9(13)8(12)6-7-4-2-1-3-5-7/h1-5,8,10H,6,12H2,(H2,14,15,16)/t8-,10?/m0/s1. The molecule has 0 aliphatic rings. The van der Waals surface area contributed by atoms with Crippen LogP contribution in [0.4, 0.5) is 0 Å². The first-order valence-electron chi connectivity index (χ1n) is 5.00. The topological polar surface area (TPSA) is 110 Å². The van der Waals surface area contributed by atoms with Crippen molar-refractivity contribution in [1.82, 2.24) is 0 Å². The predicted octanol–water partition coefficient (Wildman–Crippen LogP) is 0.956. The first-order chi connectivity index (χ1) is 8.30. The van der Waals surface area contributed by atoms with Gasteiger partial charge in [0.1, 0.15) is 6.04 Å². The Labute approximate surface area is 112 Å². The second-order valence-electron chi connectivity index (χ2n) is 3.61. The quantitative estimate of drug-likeness (QED) is 0.419. The molecule has 1 rings (SSSR count). The van der Waals surface area contributed by atoms with Gasteiger partial charge in [0.15, 0.2) is 0 Å². The summed E-state index contributed by atoms with van der Waals surface area (Å²) in [7, 11) is -4.51. The lowest BCUT2D eigenvalue weighted by Gasteiger charge is -2.16. The number of halogens is 1. The van der Waals surface area contributed by atoms with E-state index in [-0.39, 0.29) is 6.42 Å². The Hall–Kier alpha value is -0.720. The molecule has 1 unspecified atom stereocenters. The molecule has 0 spiro atoms. The van der Waals surface area contributed by atoms with E-state index in [0.717, 1.165) is 5.56 Å². The highest BCUT2D eigenvalue weighted by molar-refractivity contribution is 9.10. The van der Waals surface area contributed by atoms with E-state index < -0.39 is 24.4 Å². The monoisotopic (exact) mass is 337 g/mol. The van der Waals surface area contributed by atoms with Crippen molar-refractivity contribution in [3.8, 4) is 0 Å². The molecular formula is C10H13BrNO5P. The number of ether oxygens (including phenoxy) is 1. The highest BCUT2D eigenvalue weighted by Crippen LogP contribution is 2.45. The van der Waals surface area contributed by atoms with Crippen LogP contribution in [0.5, 0.6) is 0 Å². The van der Waals surface area contributed by atoms with Crippen LogP contribution in [0.1, 0.15) is 5.56 Å². The van der Waals surface area contributed by atoms with Crippen LogP contribution in [-0.2, 0) is 20.5 Å². The molecule has 1 aromatic rings. The van der Waals surface area contributed by atoms with Gasteiger partial charge in [-0.25, -0.2) is 0 Å². The summed E-state index contributed by atoms with van der Waals surface area (Å²) >= 11 is 2.59. The zero-order chi connectivity index (χ0) is 13.8. The molecule has 0 fully saturated rings. The minimum atomic E-state index is -4.51. The maximum atomic E-state index is 11.5. The average molecular weight is 338 g/mol. The van der Waals surface area contributed by atoms with Gasteiger partial charge in [-0.15, -0.1) is 0 Å². The average Bonchev–Trinajstić information content (AvgIpc) is 2.28. The SMILES string of the molecule is N[C@@H](Cc1ccccc1)C(=O)OC(Br)P(=O)(O)O. The Morgan fingerprint density at radius 1 is 1.39 bits per heavy atom. The Morgan fingerprint density at radius 3 is 2.44 bits per heavy atom. The van der Waals surface area contributed by atoms with Crippen LogP contribution < -0.4 is 5.73 Å². The third-order valence-corrected chi connectivity index (χ3v) is 4.50. The van der Waals surface area contributed by atoms with Gasteiger partial charge in [-0.1, -0.05) is 30.3 Å². The molecule has 100 valence electrons. The van der Waals surface area contributed by atoms with Crippen LogP contribution in [0.15, 0.2) is 30.3 Å². The Balaban J connectivity index is 2.55. The van der Waals surface area contributed by atoms with Gasteiger partial charge >= 0.3 is 13.6 Å². The van der Waals surface area contributed by atoms with Crippen molar-refractivity contribution in [2.24, 2.45) is 5.73 Å². The molecule has 18 heavy (non-hydrogen) atoms. The summed E-state index contributed by atoms with van der Waals surface area (Å²) in [5, 5.41) is 0. The molecule has 0 bridgehead atoms. The van der Waals surface area contributed by atoms with Crippen molar-refractivity contribution in [2.45, 2.75) is 17.2 Å². The number of hydrogen-bond acceptors (Lipinski definition) is 4. The second-order valence-corrected chi connectivity index (χ2v) is 6.80. The van der Waals surface area contributed by atoms with E-state index in [2.05, 4.69) is 20.7 Å². The number of benzene rings is 1. The minimum Gasteiger partial charge on any atom is -0.436 e. The van der Waals surface area contributed by atoms with Gasteiger partial charge in [-0.05, 0) is 27.9 Å². The largest absolute Gasteiger partial charge is 0.436 e. The van der Waals surface area contributed by atoms with E-state index >= 15 is 0 Å². The van der Waals surface area contributed by atoms with Crippen LogP contribution in [0, 0.1) is 0 Å². The normalized spacial score (nSPS) is 14.9. The van der Waals surface area contributed by atoms with Crippen molar-refractivity contribution in [3.63, 3.8) is 0 Å². The molecule has 2 atom stereocenters. The van der Waals surface area contributed by atoms with Gasteiger partial charge in [0.25, 0.3) is 4.75 Å². The van der Waals surface area contributed by atoms with Gasteiger partial charge in [0.2, 0.25) is 0 Å². The molecule has 1 aromatic carbocycles. The molecule has 0 heterocycles. The number of alkyl halides is 1. The maximum Gasteiger partial charge on any atom is 0.376 e. The van der Waals surface area contributed by atoms with Crippen LogP contribution >= 0.6 is 23.5 Å². The summed E-state index contributed by atoms with van der Waals surface area (Å²) in [6.45, 7) is 0. The highest BCUT2D eigenvalue weighted by Gasteiger charge is 2.31. The molecule has 8 heteroatoms. The third kappa shape index (κ3) is 4.88. The molecule has 4 N–H and O–H groups in total. The van der Waals surface area contributed by atoms with Crippen LogP contribution in [0.3, 0.4) is 0 Å². The molecule has 0 aliphatic carbocycles. The molecule has 0 saturated heterocycles. The van der Waals surface area contributed by atoms with E-state index in [0.29, 0.717) is 0 Å². The summed E-state index contributed by atoms with van der Waals surface area (Å²) in [5.74, 6) is -0.871. The van der Waals surface area contributed by atoms with Gasteiger partial charge in [0.05, 0.1) is 0 Å². The third-order valence-electron chi connectivity index (χ3n) is 2.08. The van der Waals surface area contributed by atoms with E-state index in [1.165, 1.54) is 0 Å². The fraction of sp³-hybridized carbons (Fsp3) is 0.300. The Bertz CT molecular complexity index is 449. The predicted molar refractivity (Wildman–Crippen MR) is 69.0 cm³/mol. The van der Waals surface area contributed by atoms with E-state index in [4.69, 9.17) is 15.5 Å². The Morgan fingerprint density at radius 2 is 1.94 bits per heavy atom. The minimum absolute atomic E-state index is 0.237. The summed E-state index contributed by atoms with van der Waals surface area (Å²) in [4.78, 5) is 29.0. The van der Waals surface area contributed by atoms with Crippen molar-refractivity contribution in [1.29, 1.82) is 0 Å². The Kier molecular flexibility index (Phi) is 5.49. The maximum absolute atomic E-state index is 11.5. The summed E-state index contributed by atoms with van der Waals surface area (Å²) in [6, 6.07) is 8.05. The fourth-order valence-electron chi connectivity index (χ4n) is 1.20. The zero-order valence-corrected chi connectivity index (χ0v) is 11.8. The molecule has 6 nitrogen and oxygen atoms in total. The number of carbonyl (C=O) groups is 1. The van der Waals surface area contributed by atoms with Crippen molar-refractivity contribution in [2.75, 3.05) is 0 Å². The second kappa shape index (κ2) is 6.45. The van der Waals surface area contributed by atoms with Crippen molar-refractivity contribution < 1.29 is 23.9 Å². The van der Waals surface area contributed by atoms with Crippen molar-refractivity contribution >= 4 is 29.5 Å². The van der Waals surface area contributed by atoms with E-state index in [1.807, 2.05) is 6.07 Å². The van der Waals surface area contributed by atoms with E-state index in [1.54, 1.807) is 24.3 Å². The summed E-state index contributed by atoms with van der Waals surface area (Å²) < 4.78 is 13.6. The van der Waals surface area contributed by atoms with Gasteiger partial charge in [-0.3, -0.25) is 9.36 Å². The van der Waals surface area contributed by atoms with Gasteiger partial charge in [0, 0.05) is 0 Å². The van der Waals surface area contributed by atoms with Crippen LogP contribution in [-0.4, -0.2) is 26.6 Å². The molecule has 0 aliphatic heterocycles. The first-order valence-corrected chi connectivity index (χ1v) is 7.59. The number of esters is 1. The molecule has 0 aromatic heterocycles. The number of nitrogens with two attached hydrogens (primary N) is 1. The molecule has 0 amide bonds. The first kappa shape index (κ1) is 15.3. The lowest BCUT2D eigenvalue weighted by molar-refractivity contribution is -0.144. The molecule has 0 radical (unpaired) electrons. The number of hydrogen-bond donors (Lipinski definition) is 3. The highest BCUT2D eigenvalue weighted by atomic mass is 79.9. The smallest absolute Gasteiger partial charge is 0.376 e. The fourth-order valence-corrected chi connectivity index (χ4v) is 1.63. The lowest BCUT2D eigenvalue weighted by atomic mass is 10.1. The van der Waals surface area contributed by atoms with Crippen LogP contribution in [0.2, 0.25) is 0 Å². The van der Waals surface area contributed by atoms with Gasteiger partial charge in [-0.2, -0.15) is 0 Å². The van der Waals surface area contributed by atoms with Crippen molar-refractivity contribution in [3.05, 3.63) is 35.9 Å². The number of carbonyl (C=O) groups excluding carboxylic acids is 1. The number of rotatable bonds is 5. The molecular weight excluding hydrogens is 325 g/mol. The van der Waals surface area contributed by atoms with E-state index in [9.17, 15) is 9.36 Å². The molecule has 0 saturated carbocycles. The van der Waals surface area contributed by atoms with Crippen LogP contribution in [0.25, 0.3) is 0 Å². The van der Waals surface area contributed by atoms with Gasteiger partial charge < -0.3 is 20.3 Å². The summed E-state index contributed by atoms with van der Waals surface area (Å²) in [6.07, 6.45) is 0.237. The zero-order valence-electron chi connectivity index (χ0n) is 9.27. The summed E-state index contributed by atoms with van der Waals surface area (Å²) in [5.41, 5.74) is 6.43. The lowest BCUT2D eigenvalue weighted by Crippen LogP contribution is -2.35.